The third-order valence-electron chi connectivity index (χ3n) is 3.77. The van der Waals surface area contributed by atoms with Gasteiger partial charge in [-0.25, -0.2) is 0 Å². The summed E-state index contributed by atoms with van der Waals surface area (Å²) >= 11 is 3.44. The first kappa shape index (κ1) is 16.6. The second-order valence-corrected chi connectivity index (χ2v) is 6.33. The van der Waals surface area contributed by atoms with Gasteiger partial charge in [0.05, 0.1) is 30.4 Å². The smallest absolute Gasteiger partial charge is 0.133 e. The van der Waals surface area contributed by atoms with Crippen LogP contribution in [0.1, 0.15) is 32.1 Å². The first-order valence-electron chi connectivity index (χ1n) is 7.56. The molecule has 0 aromatic heterocycles. The second-order valence-electron chi connectivity index (χ2n) is 5.48. The van der Waals surface area contributed by atoms with Crippen LogP contribution in [0.5, 0.6) is 5.75 Å². The van der Waals surface area contributed by atoms with Gasteiger partial charge < -0.3 is 19.9 Å². The molecule has 1 aromatic rings. The van der Waals surface area contributed by atoms with Gasteiger partial charge in [-0.05, 0) is 47.0 Å². The van der Waals surface area contributed by atoms with Crippen molar-refractivity contribution in [2.24, 2.45) is 0 Å². The van der Waals surface area contributed by atoms with Crippen molar-refractivity contribution in [2.45, 2.75) is 44.3 Å². The monoisotopic (exact) mass is 357 g/mol. The van der Waals surface area contributed by atoms with E-state index in [9.17, 15) is 5.11 Å². The van der Waals surface area contributed by atoms with E-state index >= 15 is 0 Å². The summed E-state index contributed by atoms with van der Waals surface area (Å²) in [5.41, 5.74) is 0.944. The summed E-state index contributed by atoms with van der Waals surface area (Å²) in [6, 6.07) is 5.75. The maximum atomic E-state index is 9.99. The van der Waals surface area contributed by atoms with E-state index < -0.39 is 6.10 Å². The van der Waals surface area contributed by atoms with E-state index in [1.165, 1.54) is 19.3 Å². The highest BCUT2D eigenvalue weighted by atomic mass is 79.9. The van der Waals surface area contributed by atoms with Crippen LogP contribution in [0.3, 0.4) is 0 Å². The number of benzene rings is 1. The Labute approximate surface area is 135 Å². The van der Waals surface area contributed by atoms with Gasteiger partial charge in [0, 0.05) is 12.2 Å². The highest BCUT2D eigenvalue weighted by Gasteiger charge is 2.15. The summed E-state index contributed by atoms with van der Waals surface area (Å²) in [6.45, 7) is 0.875. The molecule has 1 unspecified atom stereocenters. The molecule has 0 saturated heterocycles. The number of hydrogen-bond acceptors (Lipinski definition) is 4. The van der Waals surface area contributed by atoms with Crippen molar-refractivity contribution in [2.75, 3.05) is 25.6 Å². The van der Waals surface area contributed by atoms with Crippen molar-refractivity contribution in [3.63, 3.8) is 0 Å². The lowest BCUT2D eigenvalue weighted by Gasteiger charge is -2.23. The molecule has 0 spiro atoms. The lowest BCUT2D eigenvalue weighted by atomic mass is 9.98. The average molecular weight is 358 g/mol. The SMILES string of the molecule is COc1ccc(NCC(O)COC2CCCCC2)cc1Br. The summed E-state index contributed by atoms with van der Waals surface area (Å²) in [5.74, 6) is 0.793. The maximum Gasteiger partial charge on any atom is 0.133 e. The number of nitrogens with one attached hydrogen (secondary N) is 1. The van der Waals surface area contributed by atoms with E-state index in [-0.39, 0.29) is 0 Å². The molecule has 1 aliphatic carbocycles. The number of methoxy groups -OCH3 is 1. The van der Waals surface area contributed by atoms with E-state index in [1.807, 2.05) is 18.2 Å². The predicted octanol–water partition coefficient (Wildman–Crippen LogP) is 3.58. The van der Waals surface area contributed by atoms with Crippen LogP contribution in [0.2, 0.25) is 0 Å². The van der Waals surface area contributed by atoms with E-state index in [4.69, 9.17) is 9.47 Å². The van der Waals surface area contributed by atoms with Gasteiger partial charge in [0.1, 0.15) is 5.75 Å². The lowest BCUT2D eigenvalue weighted by molar-refractivity contribution is -0.0195. The minimum atomic E-state index is -0.493. The van der Waals surface area contributed by atoms with Gasteiger partial charge in [-0.15, -0.1) is 0 Å². The molecular weight excluding hydrogens is 334 g/mol. The Morgan fingerprint density at radius 1 is 1.33 bits per heavy atom. The topological polar surface area (TPSA) is 50.7 Å². The van der Waals surface area contributed by atoms with E-state index in [2.05, 4.69) is 21.2 Å². The molecule has 0 bridgehead atoms. The van der Waals surface area contributed by atoms with Crippen LogP contribution in [-0.2, 0) is 4.74 Å². The first-order chi connectivity index (χ1) is 10.2. The highest BCUT2D eigenvalue weighted by molar-refractivity contribution is 9.10. The Kier molecular flexibility index (Phi) is 6.80. The van der Waals surface area contributed by atoms with Gasteiger partial charge in [0.25, 0.3) is 0 Å². The fraction of sp³-hybridized carbons (Fsp3) is 0.625. The minimum Gasteiger partial charge on any atom is -0.496 e. The second kappa shape index (κ2) is 8.61. The number of hydrogen-bond donors (Lipinski definition) is 2. The highest BCUT2D eigenvalue weighted by Crippen LogP contribution is 2.27. The van der Waals surface area contributed by atoms with Crippen molar-refractivity contribution in [1.29, 1.82) is 0 Å². The quantitative estimate of drug-likeness (QED) is 0.782. The predicted molar refractivity (Wildman–Crippen MR) is 88.0 cm³/mol. The zero-order chi connectivity index (χ0) is 15.1. The molecule has 21 heavy (non-hydrogen) atoms. The summed E-state index contributed by atoms with van der Waals surface area (Å²) in [7, 11) is 1.64. The standard InChI is InChI=1S/C16H24BrNO3/c1-20-16-8-7-12(9-15(16)17)18-10-13(19)11-21-14-5-3-2-4-6-14/h7-9,13-14,18-19H,2-6,10-11H2,1H3. The van der Waals surface area contributed by atoms with Crippen molar-refractivity contribution >= 4 is 21.6 Å². The van der Waals surface area contributed by atoms with Crippen LogP contribution in [-0.4, -0.2) is 37.6 Å². The Balaban J connectivity index is 1.70. The summed E-state index contributed by atoms with van der Waals surface area (Å²) < 4.78 is 11.9. The molecule has 2 N–H and O–H groups in total. The maximum absolute atomic E-state index is 9.99. The molecule has 1 atom stereocenters. The molecule has 0 amide bonds. The van der Waals surface area contributed by atoms with E-state index in [0.29, 0.717) is 19.3 Å². The van der Waals surface area contributed by atoms with Crippen molar-refractivity contribution in [1.82, 2.24) is 0 Å². The number of aliphatic hydroxyl groups is 1. The summed E-state index contributed by atoms with van der Waals surface area (Å²) in [4.78, 5) is 0. The molecular formula is C16H24BrNO3. The van der Waals surface area contributed by atoms with Gasteiger partial charge in [-0.2, -0.15) is 0 Å². The molecule has 1 aliphatic rings. The molecule has 0 radical (unpaired) electrons. The number of halogens is 1. The number of rotatable bonds is 7. The number of anilines is 1. The normalized spacial score (nSPS) is 17.5. The van der Waals surface area contributed by atoms with Crippen LogP contribution in [0.15, 0.2) is 22.7 Å². The molecule has 0 aliphatic heterocycles. The Morgan fingerprint density at radius 3 is 2.76 bits per heavy atom. The molecule has 1 saturated carbocycles. The number of ether oxygens (including phenoxy) is 2. The van der Waals surface area contributed by atoms with Gasteiger partial charge in [0.15, 0.2) is 0 Å². The summed E-state index contributed by atoms with van der Waals surface area (Å²) in [6.07, 6.45) is 5.92. The van der Waals surface area contributed by atoms with Crippen LogP contribution >= 0.6 is 15.9 Å². The van der Waals surface area contributed by atoms with Gasteiger partial charge in [-0.1, -0.05) is 19.3 Å². The minimum absolute atomic E-state index is 0.337. The van der Waals surface area contributed by atoms with Crippen molar-refractivity contribution in [3.8, 4) is 5.75 Å². The van der Waals surface area contributed by atoms with Gasteiger partial charge in [0.2, 0.25) is 0 Å². The van der Waals surface area contributed by atoms with E-state index in [1.54, 1.807) is 7.11 Å². The first-order valence-corrected chi connectivity index (χ1v) is 8.35. The van der Waals surface area contributed by atoms with E-state index in [0.717, 1.165) is 28.8 Å². The molecule has 0 heterocycles. The molecule has 5 heteroatoms. The molecule has 1 fully saturated rings. The molecule has 4 nitrogen and oxygen atoms in total. The van der Waals surface area contributed by atoms with Gasteiger partial charge in [-0.3, -0.25) is 0 Å². The Hall–Kier alpha value is -0.780. The number of aliphatic hydroxyl groups excluding tert-OH is 1. The summed E-state index contributed by atoms with van der Waals surface area (Å²) in [5, 5.41) is 13.2. The van der Waals surface area contributed by atoms with Crippen molar-refractivity contribution < 1.29 is 14.6 Å². The lowest BCUT2D eigenvalue weighted by Crippen LogP contribution is -2.28. The Morgan fingerprint density at radius 2 is 2.10 bits per heavy atom. The fourth-order valence-corrected chi connectivity index (χ4v) is 3.09. The van der Waals surface area contributed by atoms with Gasteiger partial charge >= 0.3 is 0 Å². The van der Waals surface area contributed by atoms with Crippen LogP contribution in [0, 0.1) is 0 Å². The van der Waals surface area contributed by atoms with Crippen LogP contribution in [0.25, 0.3) is 0 Å². The molecule has 2 rings (SSSR count). The Bertz CT molecular complexity index is 436. The molecule has 1 aromatic carbocycles. The molecule has 118 valence electrons. The zero-order valence-electron chi connectivity index (χ0n) is 12.5. The third kappa shape index (κ3) is 5.49. The van der Waals surface area contributed by atoms with Crippen LogP contribution in [0.4, 0.5) is 5.69 Å². The third-order valence-corrected chi connectivity index (χ3v) is 4.39. The zero-order valence-corrected chi connectivity index (χ0v) is 14.1. The fourth-order valence-electron chi connectivity index (χ4n) is 2.55. The largest absolute Gasteiger partial charge is 0.496 e. The van der Waals surface area contributed by atoms with Crippen molar-refractivity contribution in [3.05, 3.63) is 22.7 Å². The van der Waals surface area contributed by atoms with Crippen LogP contribution < -0.4 is 10.1 Å². The average Bonchev–Trinajstić information content (AvgIpc) is 2.52.